The molecule has 0 aliphatic heterocycles. The molecule has 0 bridgehead atoms. The highest BCUT2D eigenvalue weighted by molar-refractivity contribution is 7.93. The van der Waals surface area contributed by atoms with Crippen LogP contribution in [0, 0.1) is 13.8 Å². The second kappa shape index (κ2) is 4.99. The van der Waals surface area contributed by atoms with Crippen LogP contribution in [0.25, 0.3) is 0 Å². The van der Waals surface area contributed by atoms with Crippen molar-refractivity contribution in [3.8, 4) is 0 Å². The summed E-state index contributed by atoms with van der Waals surface area (Å²) in [6.45, 7) is 3.69. The Morgan fingerprint density at radius 3 is 2.63 bits per heavy atom. The van der Waals surface area contributed by atoms with Crippen molar-refractivity contribution in [2.45, 2.75) is 18.7 Å². The summed E-state index contributed by atoms with van der Waals surface area (Å²) in [5.41, 5.74) is 6.70. The third kappa shape index (κ3) is 2.99. The van der Waals surface area contributed by atoms with Crippen molar-refractivity contribution in [1.29, 1.82) is 0 Å². The van der Waals surface area contributed by atoms with E-state index in [9.17, 15) is 8.42 Å². The van der Waals surface area contributed by atoms with Crippen LogP contribution in [0.4, 0.5) is 10.8 Å². The number of nitrogen functional groups attached to an aromatic ring is 1. The van der Waals surface area contributed by atoms with Crippen LogP contribution in [0.15, 0.2) is 23.1 Å². The minimum atomic E-state index is -3.78. The molecular formula is C11H12ClN3O2S2. The zero-order chi connectivity index (χ0) is 14.2. The van der Waals surface area contributed by atoms with Gasteiger partial charge < -0.3 is 5.73 Å². The van der Waals surface area contributed by atoms with Crippen LogP contribution in [0.2, 0.25) is 5.02 Å². The van der Waals surface area contributed by atoms with Crippen LogP contribution in [-0.2, 0) is 10.0 Å². The van der Waals surface area contributed by atoms with Gasteiger partial charge in [-0.1, -0.05) is 11.6 Å². The number of benzene rings is 1. The van der Waals surface area contributed by atoms with E-state index >= 15 is 0 Å². The van der Waals surface area contributed by atoms with E-state index in [1.54, 1.807) is 6.07 Å². The van der Waals surface area contributed by atoms with E-state index in [2.05, 4.69) is 9.71 Å². The summed E-state index contributed by atoms with van der Waals surface area (Å²) in [6.07, 6.45) is 0. The predicted octanol–water partition coefficient (Wildman–Crippen LogP) is 2.80. The lowest BCUT2D eigenvalue weighted by atomic mass is 10.3. The quantitative estimate of drug-likeness (QED) is 0.852. The van der Waals surface area contributed by atoms with Crippen molar-refractivity contribution in [3.63, 3.8) is 0 Å². The Kier molecular flexibility index (Phi) is 3.71. The molecule has 2 rings (SSSR count). The van der Waals surface area contributed by atoms with Crippen molar-refractivity contribution in [2.75, 3.05) is 10.5 Å². The van der Waals surface area contributed by atoms with Gasteiger partial charge >= 0.3 is 0 Å². The number of halogens is 1. The molecule has 0 amide bonds. The number of aryl methyl sites for hydroxylation is 2. The molecule has 1 aromatic heterocycles. The monoisotopic (exact) mass is 317 g/mol. The van der Waals surface area contributed by atoms with Gasteiger partial charge in [0.15, 0.2) is 5.13 Å². The van der Waals surface area contributed by atoms with E-state index in [0.29, 0.717) is 10.8 Å². The Morgan fingerprint density at radius 1 is 1.37 bits per heavy atom. The van der Waals surface area contributed by atoms with Crippen molar-refractivity contribution in [1.82, 2.24) is 4.98 Å². The summed E-state index contributed by atoms with van der Waals surface area (Å²) in [6, 6.07) is 4.31. The average Bonchev–Trinajstić information content (AvgIpc) is 2.60. The third-order valence-corrected chi connectivity index (χ3v) is 5.43. The van der Waals surface area contributed by atoms with Gasteiger partial charge in [0.2, 0.25) is 0 Å². The lowest BCUT2D eigenvalue weighted by molar-refractivity contribution is 0.601. The molecule has 3 N–H and O–H groups in total. The second-order valence-electron chi connectivity index (χ2n) is 3.96. The summed E-state index contributed by atoms with van der Waals surface area (Å²) in [4.78, 5) is 5.03. The molecule has 19 heavy (non-hydrogen) atoms. The standard InChI is InChI=1S/C11H12ClN3O2S2/c1-6-7(2)18-11(14-6)15-19(16,17)10-5-8(13)3-4-9(10)12/h3-5H,13H2,1-2H3,(H,14,15). The van der Waals surface area contributed by atoms with E-state index in [1.165, 1.54) is 23.5 Å². The Hall–Kier alpha value is -1.31. The molecule has 0 spiro atoms. The highest BCUT2D eigenvalue weighted by atomic mass is 35.5. The molecule has 5 nitrogen and oxygen atoms in total. The summed E-state index contributed by atoms with van der Waals surface area (Å²) in [5.74, 6) is 0. The average molecular weight is 318 g/mol. The zero-order valence-corrected chi connectivity index (χ0v) is 12.7. The Labute approximate surface area is 120 Å². The number of thiazole rings is 1. The van der Waals surface area contributed by atoms with Crippen LogP contribution >= 0.6 is 22.9 Å². The zero-order valence-electron chi connectivity index (χ0n) is 10.3. The van der Waals surface area contributed by atoms with Crippen molar-refractivity contribution < 1.29 is 8.42 Å². The lowest BCUT2D eigenvalue weighted by Crippen LogP contribution is -2.13. The largest absolute Gasteiger partial charge is 0.399 e. The number of nitrogens with one attached hydrogen (secondary N) is 1. The summed E-state index contributed by atoms with van der Waals surface area (Å²) in [5, 5.41) is 0.431. The molecule has 8 heteroatoms. The Balaban J connectivity index is 2.40. The smallest absolute Gasteiger partial charge is 0.265 e. The molecule has 0 atom stereocenters. The maximum absolute atomic E-state index is 12.2. The fourth-order valence-corrected chi connectivity index (χ4v) is 4.00. The Morgan fingerprint density at radius 2 is 2.05 bits per heavy atom. The molecular weight excluding hydrogens is 306 g/mol. The van der Waals surface area contributed by atoms with Crippen LogP contribution in [0.5, 0.6) is 0 Å². The summed E-state index contributed by atoms with van der Waals surface area (Å²) in [7, 11) is -3.78. The van der Waals surface area contributed by atoms with Crippen molar-refractivity contribution in [2.24, 2.45) is 0 Å². The van der Waals surface area contributed by atoms with Gasteiger partial charge in [0.05, 0.1) is 10.7 Å². The van der Waals surface area contributed by atoms with Gasteiger partial charge in [-0.15, -0.1) is 11.3 Å². The van der Waals surface area contributed by atoms with Gasteiger partial charge in [-0.2, -0.15) is 0 Å². The fourth-order valence-electron chi connectivity index (χ4n) is 1.41. The summed E-state index contributed by atoms with van der Waals surface area (Å²) >= 11 is 7.16. The molecule has 0 aliphatic carbocycles. The van der Waals surface area contributed by atoms with Crippen LogP contribution in [0.1, 0.15) is 10.6 Å². The number of hydrogen-bond acceptors (Lipinski definition) is 5. The van der Waals surface area contributed by atoms with Crippen LogP contribution in [0.3, 0.4) is 0 Å². The minimum Gasteiger partial charge on any atom is -0.399 e. The number of aromatic nitrogens is 1. The maximum atomic E-state index is 12.2. The van der Waals surface area contributed by atoms with Crippen molar-refractivity contribution >= 4 is 43.8 Å². The Bertz CT molecular complexity index is 706. The van der Waals surface area contributed by atoms with E-state index in [1.807, 2.05) is 13.8 Å². The summed E-state index contributed by atoms with van der Waals surface area (Å²) < 4.78 is 26.8. The molecule has 102 valence electrons. The molecule has 2 aromatic rings. The first-order chi connectivity index (χ1) is 8.79. The van der Waals surface area contributed by atoms with Gasteiger partial charge in [0, 0.05) is 10.6 Å². The van der Waals surface area contributed by atoms with Crippen LogP contribution < -0.4 is 10.5 Å². The third-order valence-electron chi connectivity index (χ3n) is 2.49. The number of anilines is 2. The molecule has 0 fully saturated rings. The highest BCUT2D eigenvalue weighted by Crippen LogP contribution is 2.28. The molecule has 0 saturated carbocycles. The van der Waals surface area contributed by atoms with E-state index in [4.69, 9.17) is 17.3 Å². The normalized spacial score (nSPS) is 11.5. The first kappa shape index (κ1) is 14.1. The molecule has 1 aromatic carbocycles. The van der Waals surface area contributed by atoms with Gasteiger partial charge in [-0.05, 0) is 32.0 Å². The van der Waals surface area contributed by atoms with Crippen molar-refractivity contribution in [3.05, 3.63) is 33.8 Å². The highest BCUT2D eigenvalue weighted by Gasteiger charge is 2.20. The molecule has 0 radical (unpaired) electrons. The molecule has 0 aliphatic rings. The van der Waals surface area contributed by atoms with Gasteiger partial charge in [0.25, 0.3) is 10.0 Å². The number of sulfonamides is 1. The SMILES string of the molecule is Cc1nc(NS(=O)(=O)c2cc(N)ccc2Cl)sc1C. The van der Waals surface area contributed by atoms with Gasteiger partial charge in [-0.25, -0.2) is 13.4 Å². The molecule has 0 unspecified atom stereocenters. The van der Waals surface area contributed by atoms with E-state index < -0.39 is 10.0 Å². The van der Waals surface area contributed by atoms with E-state index in [0.717, 1.165) is 10.6 Å². The first-order valence-electron chi connectivity index (χ1n) is 5.31. The minimum absolute atomic E-state index is 0.0559. The topological polar surface area (TPSA) is 85.1 Å². The number of nitrogens with zero attached hydrogens (tertiary/aromatic N) is 1. The number of hydrogen-bond donors (Lipinski definition) is 2. The molecule has 1 heterocycles. The lowest BCUT2D eigenvalue weighted by Gasteiger charge is -2.07. The first-order valence-corrected chi connectivity index (χ1v) is 7.99. The number of nitrogens with two attached hydrogens (primary N) is 1. The fraction of sp³-hybridized carbons (Fsp3) is 0.182. The second-order valence-corrected chi connectivity index (χ2v) is 7.22. The van der Waals surface area contributed by atoms with Crippen LogP contribution in [-0.4, -0.2) is 13.4 Å². The molecule has 0 saturated heterocycles. The van der Waals surface area contributed by atoms with E-state index in [-0.39, 0.29) is 9.92 Å². The number of rotatable bonds is 3. The maximum Gasteiger partial charge on any atom is 0.265 e. The predicted molar refractivity (Wildman–Crippen MR) is 78.3 cm³/mol. The van der Waals surface area contributed by atoms with Gasteiger partial charge in [0.1, 0.15) is 4.90 Å². The van der Waals surface area contributed by atoms with Gasteiger partial charge in [-0.3, -0.25) is 4.72 Å².